The summed E-state index contributed by atoms with van der Waals surface area (Å²) in [6, 6.07) is 6.18. The molecule has 0 radical (unpaired) electrons. The molecule has 5 nitrogen and oxygen atoms in total. The molecule has 1 rings (SSSR count). The maximum absolute atomic E-state index is 12.1. The highest BCUT2D eigenvalue weighted by atomic mass is 32.2. The zero-order valence-corrected chi connectivity index (χ0v) is 11.4. The molecule has 0 spiro atoms. The van der Waals surface area contributed by atoms with Gasteiger partial charge in [-0.25, -0.2) is 13.1 Å². The predicted molar refractivity (Wildman–Crippen MR) is 68.6 cm³/mol. The van der Waals surface area contributed by atoms with Crippen molar-refractivity contribution in [3.63, 3.8) is 0 Å². The van der Waals surface area contributed by atoms with Crippen molar-refractivity contribution in [2.45, 2.75) is 30.9 Å². The molecule has 2 N–H and O–H groups in total. The van der Waals surface area contributed by atoms with E-state index in [1.165, 1.54) is 6.07 Å². The van der Waals surface area contributed by atoms with Crippen LogP contribution in [0.4, 0.5) is 0 Å². The number of ether oxygens (including phenoxy) is 1. The SMILES string of the molecule is COCCC(C)NS(=O)(=O)c1ccccc1CO. The van der Waals surface area contributed by atoms with E-state index in [4.69, 9.17) is 9.84 Å². The Hall–Kier alpha value is -0.950. The highest BCUT2D eigenvalue weighted by Crippen LogP contribution is 2.15. The number of aliphatic hydroxyl groups is 1. The molecule has 18 heavy (non-hydrogen) atoms. The molecule has 0 saturated heterocycles. The summed E-state index contributed by atoms with van der Waals surface area (Å²) in [5.41, 5.74) is 0.393. The number of nitrogens with one attached hydrogen (secondary N) is 1. The first-order valence-electron chi connectivity index (χ1n) is 5.71. The van der Waals surface area contributed by atoms with Crippen LogP contribution in [-0.2, 0) is 21.4 Å². The van der Waals surface area contributed by atoms with Gasteiger partial charge in [-0.2, -0.15) is 0 Å². The Labute approximate surface area is 108 Å². The molecule has 0 amide bonds. The van der Waals surface area contributed by atoms with Gasteiger partial charge in [-0.15, -0.1) is 0 Å². The Balaban J connectivity index is 2.86. The van der Waals surface area contributed by atoms with Crippen LogP contribution in [0.5, 0.6) is 0 Å². The van der Waals surface area contributed by atoms with E-state index in [0.29, 0.717) is 18.6 Å². The topological polar surface area (TPSA) is 75.6 Å². The molecule has 0 aliphatic rings. The number of aliphatic hydroxyl groups excluding tert-OH is 1. The summed E-state index contributed by atoms with van der Waals surface area (Å²) in [5.74, 6) is 0. The van der Waals surface area contributed by atoms with Crippen molar-refractivity contribution < 1.29 is 18.3 Å². The Bertz CT molecular complexity index is 473. The van der Waals surface area contributed by atoms with Crippen molar-refractivity contribution in [3.8, 4) is 0 Å². The Morgan fingerprint density at radius 3 is 2.67 bits per heavy atom. The van der Waals surface area contributed by atoms with Crippen LogP contribution in [-0.4, -0.2) is 33.3 Å². The number of hydrogen-bond acceptors (Lipinski definition) is 4. The summed E-state index contributed by atoms with van der Waals surface area (Å²) < 4.78 is 31.7. The van der Waals surface area contributed by atoms with Gasteiger partial charge in [-0.1, -0.05) is 18.2 Å². The van der Waals surface area contributed by atoms with Gasteiger partial charge in [0.1, 0.15) is 0 Å². The molecule has 0 aromatic heterocycles. The normalized spacial score (nSPS) is 13.5. The summed E-state index contributed by atoms with van der Waals surface area (Å²) in [7, 11) is -2.03. The molecule has 0 fully saturated rings. The summed E-state index contributed by atoms with van der Waals surface area (Å²) in [6.07, 6.45) is 0.594. The lowest BCUT2D eigenvalue weighted by Gasteiger charge is -2.15. The molecule has 1 atom stereocenters. The first-order chi connectivity index (χ1) is 8.51. The lowest BCUT2D eigenvalue weighted by molar-refractivity contribution is 0.188. The van der Waals surface area contributed by atoms with Crippen molar-refractivity contribution in [3.05, 3.63) is 29.8 Å². The van der Waals surface area contributed by atoms with E-state index in [2.05, 4.69) is 4.72 Å². The summed E-state index contributed by atoms with van der Waals surface area (Å²) in [5, 5.41) is 9.15. The first-order valence-corrected chi connectivity index (χ1v) is 7.19. The second kappa shape index (κ2) is 6.84. The van der Waals surface area contributed by atoms with Crippen molar-refractivity contribution in [1.82, 2.24) is 4.72 Å². The molecular formula is C12H19NO4S. The van der Waals surface area contributed by atoms with E-state index in [1.54, 1.807) is 32.2 Å². The van der Waals surface area contributed by atoms with E-state index in [0.717, 1.165) is 0 Å². The lowest BCUT2D eigenvalue weighted by atomic mass is 10.2. The zero-order chi connectivity index (χ0) is 13.6. The van der Waals surface area contributed by atoms with Gasteiger partial charge >= 0.3 is 0 Å². The van der Waals surface area contributed by atoms with Crippen LogP contribution in [0.25, 0.3) is 0 Å². The molecule has 0 heterocycles. The Kier molecular flexibility index (Phi) is 5.74. The minimum atomic E-state index is -3.60. The Morgan fingerprint density at radius 2 is 2.06 bits per heavy atom. The lowest BCUT2D eigenvalue weighted by Crippen LogP contribution is -2.33. The monoisotopic (exact) mass is 273 g/mol. The van der Waals surface area contributed by atoms with Crippen LogP contribution in [0.15, 0.2) is 29.2 Å². The second-order valence-corrected chi connectivity index (χ2v) is 5.75. The van der Waals surface area contributed by atoms with Gasteiger partial charge in [0.05, 0.1) is 11.5 Å². The maximum atomic E-state index is 12.1. The minimum absolute atomic E-state index is 0.122. The number of sulfonamides is 1. The fraction of sp³-hybridized carbons (Fsp3) is 0.500. The Morgan fingerprint density at radius 1 is 1.39 bits per heavy atom. The zero-order valence-electron chi connectivity index (χ0n) is 10.6. The van der Waals surface area contributed by atoms with Gasteiger partial charge in [0, 0.05) is 19.8 Å². The number of rotatable bonds is 7. The third kappa shape index (κ3) is 4.06. The van der Waals surface area contributed by atoms with Crippen LogP contribution in [0.2, 0.25) is 0 Å². The third-order valence-corrected chi connectivity index (χ3v) is 4.23. The molecule has 6 heteroatoms. The van der Waals surface area contributed by atoms with Crippen LogP contribution >= 0.6 is 0 Å². The summed E-state index contributed by atoms with van der Waals surface area (Å²) >= 11 is 0. The first kappa shape index (κ1) is 15.1. The van der Waals surface area contributed by atoms with Gasteiger partial charge in [0.15, 0.2) is 0 Å². The van der Waals surface area contributed by atoms with E-state index in [1.807, 2.05) is 0 Å². The van der Waals surface area contributed by atoms with Crippen molar-refractivity contribution in [2.75, 3.05) is 13.7 Å². The molecule has 1 unspecified atom stereocenters. The standard InChI is InChI=1S/C12H19NO4S/c1-10(7-8-17-2)13-18(15,16)12-6-4-3-5-11(12)9-14/h3-6,10,13-14H,7-9H2,1-2H3. The van der Waals surface area contributed by atoms with E-state index >= 15 is 0 Å². The summed E-state index contributed by atoms with van der Waals surface area (Å²) in [4.78, 5) is 0.122. The van der Waals surface area contributed by atoms with Gasteiger partial charge in [0.2, 0.25) is 10.0 Å². The molecule has 102 valence electrons. The average molecular weight is 273 g/mol. The van der Waals surface area contributed by atoms with Gasteiger partial charge in [0.25, 0.3) is 0 Å². The van der Waals surface area contributed by atoms with Crippen LogP contribution in [0.1, 0.15) is 18.9 Å². The quantitative estimate of drug-likeness (QED) is 0.773. The van der Waals surface area contributed by atoms with Crippen molar-refractivity contribution >= 4 is 10.0 Å². The summed E-state index contributed by atoms with van der Waals surface area (Å²) in [6.45, 7) is 1.97. The highest BCUT2D eigenvalue weighted by Gasteiger charge is 2.19. The van der Waals surface area contributed by atoms with Crippen molar-refractivity contribution in [2.24, 2.45) is 0 Å². The smallest absolute Gasteiger partial charge is 0.241 e. The second-order valence-electron chi connectivity index (χ2n) is 4.07. The highest BCUT2D eigenvalue weighted by molar-refractivity contribution is 7.89. The molecule has 0 saturated carbocycles. The van der Waals surface area contributed by atoms with Gasteiger partial charge < -0.3 is 9.84 Å². The molecule has 0 aliphatic heterocycles. The molecule has 0 aliphatic carbocycles. The van der Waals surface area contributed by atoms with Crippen LogP contribution < -0.4 is 4.72 Å². The van der Waals surface area contributed by atoms with E-state index < -0.39 is 10.0 Å². The van der Waals surface area contributed by atoms with Gasteiger partial charge in [-0.05, 0) is 25.0 Å². The van der Waals surface area contributed by atoms with Crippen LogP contribution in [0, 0.1) is 0 Å². The fourth-order valence-corrected chi connectivity index (χ4v) is 3.09. The third-order valence-electron chi connectivity index (χ3n) is 2.54. The largest absolute Gasteiger partial charge is 0.392 e. The van der Waals surface area contributed by atoms with Crippen LogP contribution in [0.3, 0.4) is 0 Å². The van der Waals surface area contributed by atoms with Gasteiger partial charge in [-0.3, -0.25) is 0 Å². The van der Waals surface area contributed by atoms with E-state index in [-0.39, 0.29) is 17.5 Å². The molecule has 1 aromatic rings. The van der Waals surface area contributed by atoms with E-state index in [9.17, 15) is 8.42 Å². The fourth-order valence-electron chi connectivity index (χ4n) is 1.58. The minimum Gasteiger partial charge on any atom is -0.392 e. The molecule has 0 bridgehead atoms. The maximum Gasteiger partial charge on any atom is 0.241 e. The number of hydrogen-bond donors (Lipinski definition) is 2. The number of benzene rings is 1. The molecular weight excluding hydrogens is 254 g/mol. The van der Waals surface area contributed by atoms with Crippen molar-refractivity contribution in [1.29, 1.82) is 0 Å². The molecule has 1 aromatic carbocycles. The number of methoxy groups -OCH3 is 1. The predicted octanol–water partition coefficient (Wildman–Crippen LogP) is 0.882. The average Bonchev–Trinajstić information content (AvgIpc) is 2.35.